The van der Waals surface area contributed by atoms with Crippen molar-refractivity contribution in [3.63, 3.8) is 0 Å². The molecule has 1 atom stereocenters. The van der Waals surface area contributed by atoms with E-state index < -0.39 is 23.9 Å². The lowest BCUT2D eigenvalue weighted by Crippen LogP contribution is -2.46. The van der Waals surface area contributed by atoms with Gasteiger partial charge in [0, 0.05) is 12.2 Å². The number of carbonyl (C=O) groups excluding carboxylic acids is 1. The molecular formula is C15H19FN2O3. The van der Waals surface area contributed by atoms with Crippen LogP contribution in [0.25, 0.3) is 0 Å². The minimum atomic E-state index is -0.998. The molecule has 1 aliphatic rings. The summed E-state index contributed by atoms with van der Waals surface area (Å²) in [5.74, 6) is -1.43. The Hall–Kier alpha value is -2.11. The van der Waals surface area contributed by atoms with Gasteiger partial charge in [0.1, 0.15) is 11.9 Å². The van der Waals surface area contributed by atoms with E-state index in [0.29, 0.717) is 24.2 Å². The zero-order valence-electron chi connectivity index (χ0n) is 11.9. The molecule has 1 heterocycles. The average molecular weight is 294 g/mol. The molecule has 21 heavy (non-hydrogen) atoms. The van der Waals surface area contributed by atoms with Crippen LogP contribution in [0.4, 0.5) is 14.9 Å². The fourth-order valence-electron chi connectivity index (χ4n) is 2.61. The highest BCUT2D eigenvalue weighted by molar-refractivity contribution is 5.92. The number of aryl methyl sites for hydroxylation is 1. The summed E-state index contributed by atoms with van der Waals surface area (Å²) in [7, 11) is 0. The van der Waals surface area contributed by atoms with Crippen LogP contribution >= 0.6 is 0 Å². The fraction of sp³-hybridized carbons (Fsp3) is 0.467. The van der Waals surface area contributed by atoms with Gasteiger partial charge in [-0.3, -0.25) is 0 Å². The number of likely N-dealkylation sites (tertiary alicyclic amines) is 1. The summed E-state index contributed by atoms with van der Waals surface area (Å²) in [6.45, 7) is 2.13. The number of nitrogens with zero attached hydrogens (tertiary/aromatic N) is 1. The van der Waals surface area contributed by atoms with Crippen molar-refractivity contribution < 1.29 is 19.1 Å². The summed E-state index contributed by atoms with van der Waals surface area (Å²) in [5, 5.41) is 11.8. The van der Waals surface area contributed by atoms with Crippen molar-refractivity contribution in [3.8, 4) is 0 Å². The molecule has 5 nitrogen and oxygen atoms in total. The summed E-state index contributed by atoms with van der Waals surface area (Å²) in [6.07, 6.45) is 2.93. The molecule has 114 valence electrons. The quantitative estimate of drug-likeness (QED) is 0.881. The number of carboxylic acid groups (broad SMARTS) is 1. The first kappa shape index (κ1) is 15.3. The number of nitrogens with one attached hydrogen (secondary N) is 1. The normalized spacial score (nSPS) is 19.0. The van der Waals surface area contributed by atoms with Crippen LogP contribution in [0.5, 0.6) is 0 Å². The number of aliphatic carboxylic acids is 1. The summed E-state index contributed by atoms with van der Waals surface area (Å²) in [5.41, 5.74) is 1.03. The van der Waals surface area contributed by atoms with E-state index in [2.05, 4.69) is 5.32 Å². The zero-order valence-corrected chi connectivity index (χ0v) is 11.9. The topological polar surface area (TPSA) is 69.6 Å². The molecule has 1 unspecified atom stereocenters. The molecule has 1 aromatic carbocycles. The van der Waals surface area contributed by atoms with Crippen molar-refractivity contribution in [1.82, 2.24) is 4.90 Å². The molecule has 2 amide bonds. The Balaban J connectivity index is 2.14. The van der Waals surface area contributed by atoms with E-state index in [1.807, 2.05) is 0 Å². The molecule has 1 saturated heterocycles. The van der Waals surface area contributed by atoms with Gasteiger partial charge in [-0.05, 0) is 43.5 Å². The number of anilines is 1. The first-order chi connectivity index (χ1) is 9.97. The zero-order chi connectivity index (χ0) is 15.4. The van der Waals surface area contributed by atoms with Gasteiger partial charge in [-0.1, -0.05) is 12.8 Å². The molecule has 0 aliphatic carbocycles. The van der Waals surface area contributed by atoms with Crippen LogP contribution in [0.2, 0.25) is 0 Å². The average Bonchev–Trinajstić information content (AvgIpc) is 2.62. The molecule has 6 heteroatoms. The van der Waals surface area contributed by atoms with Crippen LogP contribution in [0.15, 0.2) is 18.2 Å². The lowest BCUT2D eigenvalue weighted by molar-refractivity contribution is -0.142. The van der Waals surface area contributed by atoms with E-state index in [-0.39, 0.29) is 0 Å². The highest BCUT2D eigenvalue weighted by Crippen LogP contribution is 2.19. The third kappa shape index (κ3) is 3.93. The number of rotatable bonds is 2. The molecule has 1 aromatic rings. The maximum Gasteiger partial charge on any atom is 0.326 e. The van der Waals surface area contributed by atoms with Crippen molar-refractivity contribution in [2.75, 3.05) is 11.9 Å². The van der Waals surface area contributed by atoms with E-state index in [1.165, 1.54) is 17.0 Å². The van der Waals surface area contributed by atoms with Gasteiger partial charge in [0.05, 0.1) is 0 Å². The number of urea groups is 1. The number of halogens is 1. The van der Waals surface area contributed by atoms with Crippen LogP contribution < -0.4 is 5.32 Å². The van der Waals surface area contributed by atoms with Gasteiger partial charge >= 0.3 is 12.0 Å². The second kappa shape index (κ2) is 6.56. The predicted octanol–water partition coefficient (Wildman–Crippen LogP) is 3.00. The highest BCUT2D eigenvalue weighted by Gasteiger charge is 2.30. The van der Waals surface area contributed by atoms with Crippen LogP contribution in [0, 0.1) is 12.7 Å². The smallest absolute Gasteiger partial charge is 0.326 e. The van der Waals surface area contributed by atoms with Gasteiger partial charge in [0.15, 0.2) is 0 Å². The lowest BCUT2D eigenvalue weighted by atomic mass is 10.1. The number of amides is 2. The first-order valence-electron chi connectivity index (χ1n) is 7.05. The Morgan fingerprint density at radius 1 is 1.29 bits per heavy atom. The van der Waals surface area contributed by atoms with E-state index in [4.69, 9.17) is 0 Å². The van der Waals surface area contributed by atoms with Crippen LogP contribution in [0.1, 0.15) is 31.2 Å². The molecule has 0 spiro atoms. The van der Waals surface area contributed by atoms with Gasteiger partial charge in [-0.25, -0.2) is 14.0 Å². The van der Waals surface area contributed by atoms with E-state index in [9.17, 15) is 19.1 Å². The maximum absolute atomic E-state index is 13.3. The molecular weight excluding hydrogens is 275 g/mol. The molecule has 2 rings (SSSR count). The summed E-state index contributed by atoms with van der Waals surface area (Å²) < 4.78 is 13.3. The first-order valence-corrected chi connectivity index (χ1v) is 7.05. The third-order valence-corrected chi connectivity index (χ3v) is 3.59. The van der Waals surface area contributed by atoms with Gasteiger partial charge in [-0.15, -0.1) is 0 Å². The third-order valence-electron chi connectivity index (χ3n) is 3.59. The summed E-state index contributed by atoms with van der Waals surface area (Å²) in [4.78, 5) is 24.9. The minimum Gasteiger partial charge on any atom is -0.480 e. The largest absolute Gasteiger partial charge is 0.480 e. The standard InChI is InChI=1S/C15H19FN2O3/c1-10-7-11(16)9-12(8-10)17-15(21)18-6-4-2-3-5-13(18)14(19)20/h7-9,13H,2-6H2,1H3,(H,17,21)(H,19,20). The van der Waals surface area contributed by atoms with Crippen molar-refractivity contribution in [2.24, 2.45) is 0 Å². The van der Waals surface area contributed by atoms with Gasteiger partial charge in [-0.2, -0.15) is 0 Å². The van der Waals surface area contributed by atoms with Crippen LogP contribution in [0.3, 0.4) is 0 Å². The van der Waals surface area contributed by atoms with Crippen molar-refractivity contribution in [1.29, 1.82) is 0 Å². The number of carboxylic acids is 1. The maximum atomic E-state index is 13.3. The summed E-state index contributed by atoms with van der Waals surface area (Å²) in [6, 6.07) is 2.92. The SMILES string of the molecule is Cc1cc(F)cc(NC(=O)N2CCCCCC2C(=O)O)c1. The Bertz CT molecular complexity index is 527. The second-order valence-corrected chi connectivity index (χ2v) is 5.34. The molecule has 0 saturated carbocycles. The highest BCUT2D eigenvalue weighted by atomic mass is 19.1. The molecule has 0 aromatic heterocycles. The monoisotopic (exact) mass is 294 g/mol. The Labute approximate surface area is 122 Å². The Morgan fingerprint density at radius 2 is 2.05 bits per heavy atom. The molecule has 0 radical (unpaired) electrons. The fourth-order valence-corrected chi connectivity index (χ4v) is 2.61. The minimum absolute atomic E-state index is 0.339. The molecule has 1 fully saturated rings. The van der Waals surface area contributed by atoms with E-state index in [0.717, 1.165) is 19.3 Å². The predicted molar refractivity (Wildman–Crippen MR) is 76.8 cm³/mol. The van der Waals surface area contributed by atoms with Crippen LogP contribution in [-0.4, -0.2) is 34.6 Å². The lowest BCUT2D eigenvalue weighted by Gasteiger charge is -2.27. The van der Waals surface area contributed by atoms with Gasteiger partial charge < -0.3 is 15.3 Å². The number of hydrogen-bond acceptors (Lipinski definition) is 2. The Kier molecular flexibility index (Phi) is 4.77. The van der Waals surface area contributed by atoms with Gasteiger partial charge in [0.2, 0.25) is 0 Å². The van der Waals surface area contributed by atoms with Crippen molar-refractivity contribution in [3.05, 3.63) is 29.6 Å². The number of hydrogen-bond donors (Lipinski definition) is 2. The summed E-state index contributed by atoms with van der Waals surface area (Å²) >= 11 is 0. The Morgan fingerprint density at radius 3 is 2.71 bits per heavy atom. The molecule has 0 bridgehead atoms. The van der Waals surface area contributed by atoms with E-state index in [1.54, 1.807) is 13.0 Å². The van der Waals surface area contributed by atoms with Gasteiger partial charge in [0.25, 0.3) is 0 Å². The van der Waals surface area contributed by atoms with E-state index >= 15 is 0 Å². The van der Waals surface area contributed by atoms with Crippen LogP contribution in [-0.2, 0) is 4.79 Å². The second-order valence-electron chi connectivity index (χ2n) is 5.34. The number of benzene rings is 1. The molecule has 1 aliphatic heterocycles. The number of carbonyl (C=O) groups is 2. The van der Waals surface area contributed by atoms with Crippen molar-refractivity contribution in [2.45, 2.75) is 38.6 Å². The van der Waals surface area contributed by atoms with Crippen molar-refractivity contribution >= 4 is 17.7 Å². The molecule has 2 N–H and O–H groups in total.